The lowest BCUT2D eigenvalue weighted by molar-refractivity contribution is 1.19. The van der Waals surface area contributed by atoms with E-state index in [4.69, 9.17) is 0 Å². The number of hydrogen-bond donors (Lipinski definition) is 0. The van der Waals surface area contributed by atoms with Crippen LogP contribution < -0.4 is 0 Å². The minimum atomic E-state index is 1.05. The van der Waals surface area contributed by atoms with Crippen LogP contribution in [-0.4, -0.2) is 14.4 Å². The smallest absolute Gasteiger partial charge is 0.0725 e. The van der Waals surface area contributed by atoms with E-state index in [1.165, 1.54) is 27.1 Å². The first-order chi connectivity index (χ1) is 10.2. The summed E-state index contributed by atoms with van der Waals surface area (Å²) in [6.07, 6.45) is 3.95. The number of aromatic nitrogens is 3. The van der Waals surface area contributed by atoms with Crippen LogP contribution in [0, 0.1) is 13.8 Å². The van der Waals surface area contributed by atoms with Gasteiger partial charge in [0, 0.05) is 32.9 Å². The molecule has 0 fully saturated rings. The molecule has 5 rings (SSSR count). The molecule has 4 aromatic heterocycles. The Balaban J connectivity index is 2.22. The fraction of sp³-hybridized carbons (Fsp3) is 0.111. The SMILES string of the molecule is Cc1cc2c3cccc4c5cc(C)ncc5n(c2cn1)c34. The molecule has 0 atom stereocenters. The van der Waals surface area contributed by atoms with Gasteiger partial charge in [0.2, 0.25) is 0 Å². The molecule has 0 unspecified atom stereocenters. The Kier molecular flexibility index (Phi) is 1.84. The Morgan fingerprint density at radius 1 is 0.762 bits per heavy atom. The second-order valence-electron chi connectivity index (χ2n) is 5.72. The van der Waals surface area contributed by atoms with Crippen molar-refractivity contribution >= 4 is 38.1 Å². The van der Waals surface area contributed by atoms with Gasteiger partial charge in [-0.05, 0) is 26.0 Å². The van der Waals surface area contributed by atoms with E-state index in [0.717, 1.165) is 22.4 Å². The number of nitrogens with zero attached hydrogens (tertiary/aromatic N) is 3. The molecular weight excluding hydrogens is 258 g/mol. The van der Waals surface area contributed by atoms with Crippen LogP contribution in [0.1, 0.15) is 11.4 Å². The first-order valence-corrected chi connectivity index (χ1v) is 7.11. The van der Waals surface area contributed by atoms with Crippen molar-refractivity contribution in [2.75, 3.05) is 0 Å². The van der Waals surface area contributed by atoms with Crippen molar-refractivity contribution in [1.82, 2.24) is 14.4 Å². The summed E-state index contributed by atoms with van der Waals surface area (Å²) in [5, 5.41) is 5.12. The van der Waals surface area contributed by atoms with Gasteiger partial charge >= 0.3 is 0 Å². The van der Waals surface area contributed by atoms with E-state index in [9.17, 15) is 0 Å². The van der Waals surface area contributed by atoms with E-state index in [1.807, 2.05) is 26.2 Å². The van der Waals surface area contributed by atoms with Crippen LogP contribution in [-0.2, 0) is 0 Å². The number of fused-ring (bicyclic) bond motifs is 6. The van der Waals surface area contributed by atoms with Crippen molar-refractivity contribution in [2.45, 2.75) is 13.8 Å². The third-order valence-electron chi connectivity index (χ3n) is 4.36. The Labute approximate surface area is 121 Å². The van der Waals surface area contributed by atoms with Crippen molar-refractivity contribution in [3.63, 3.8) is 0 Å². The van der Waals surface area contributed by atoms with Gasteiger partial charge in [-0.1, -0.05) is 18.2 Å². The maximum atomic E-state index is 4.48. The summed E-state index contributed by atoms with van der Waals surface area (Å²) in [6, 6.07) is 10.9. The molecule has 3 nitrogen and oxygen atoms in total. The molecule has 4 heterocycles. The van der Waals surface area contributed by atoms with Crippen molar-refractivity contribution in [1.29, 1.82) is 0 Å². The zero-order valence-corrected chi connectivity index (χ0v) is 11.9. The lowest BCUT2D eigenvalue weighted by Crippen LogP contribution is -1.85. The van der Waals surface area contributed by atoms with Crippen LogP contribution in [0.25, 0.3) is 38.1 Å². The van der Waals surface area contributed by atoms with Gasteiger partial charge in [0.05, 0.1) is 28.9 Å². The molecule has 1 aromatic carbocycles. The van der Waals surface area contributed by atoms with Crippen LogP contribution in [0.3, 0.4) is 0 Å². The summed E-state index contributed by atoms with van der Waals surface area (Å²) < 4.78 is 2.30. The maximum absolute atomic E-state index is 4.48. The summed E-state index contributed by atoms with van der Waals surface area (Å²) in [7, 11) is 0. The predicted octanol–water partition coefficient (Wildman–Crippen LogP) is 4.24. The van der Waals surface area contributed by atoms with E-state index in [1.54, 1.807) is 0 Å². The summed E-state index contributed by atoms with van der Waals surface area (Å²) in [5.41, 5.74) is 5.70. The van der Waals surface area contributed by atoms with Gasteiger partial charge in [0.15, 0.2) is 0 Å². The van der Waals surface area contributed by atoms with Crippen molar-refractivity contribution < 1.29 is 0 Å². The molecule has 0 radical (unpaired) electrons. The first kappa shape index (κ1) is 11.0. The van der Waals surface area contributed by atoms with E-state index in [2.05, 4.69) is 44.7 Å². The lowest BCUT2D eigenvalue weighted by atomic mass is 10.1. The quantitative estimate of drug-likeness (QED) is 0.421. The van der Waals surface area contributed by atoms with Crippen molar-refractivity contribution in [3.05, 3.63) is 54.1 Å². The van der Waals surface area contributed by atoms with E-state index in [0.29, 0.717) is 0 Å². The molecule has 0 aliphatic heterocycles. The predicted molar refractivity (Wildman–Crippen MR) is 86.2 cm³/mol. The molecule has 100 valence electrons. The number of rotatable bonds is 0. The molecule has 0 saturated heterocycles. The molecule has 0 amide bonds. The van der Waals surface area contributed by atoms with Gasteiger partial charge < -0.3 is 4.40 Å². The zero-order valence-electron chi connectivity index (χ0n) is 11.9. The first-order valence-electron chi connectivity index (χ1n) is 7.11. The van der Waals surface area contributed by atoms with Crippen molar-refractivity contribution in [3.8, 4) is 0 Å². The highest BCUT2D eigenvalue weighted by Gasteiger charge is 2.17. The van der Waals surface area contributed by atoms with E-state index >= 15 is 0 Å². The molecule has 21 heavy (non-hydrogen) atoms. The van der Waals surface area contributed by atoms with Gasteiger partial charge in [0.25, 0.3) is 0 Å². The van der Waals surface area contributed by atoms with Gasteiger partial charge in [-0.15, -0.1) is 0 Å². The average Bonchev–Trinajstić information content (AvgIpc) is 2.98. The number of aryl methyl sites for hydroxylation is 2. The van der Waals surface area contributed by atoms with Gasteiger partial charge in [-0.2, -0.15) is 0 Å². The third kappa shape index (κ3) is 1.24. The van der Waals surface area contributed by atoms with Gasteiger partial charge in [-0.25, -0.2) is 0 Å². The molecule has 0 aliphatic carbocycles. The Bertz CT molecular complexity index is 1070. The van der Waals surface area contributed by atoms with Gasteiger partial charge in [0.1, 0.15) is 0 Å². The minimum Gasteiger partial charge on any atom is -0.305 e. The molecular formula is C18H13N3. The lowest BCUT2D eigenvalue weighted by Gasteiger charge is -1.98. The number of benzene rings is 1. The second kappa shape index (κ2) is 3.50. The highest BCUT2D eigenvalue weighted by Crippen LogP contribution is 2.38. The standard InChI is InChI=1S/C18H13N3/c1-10-6-14-12-4-3-5-13-15-7-11(2)20-9-17(15)21(18(12)13)16(14)8-19-10/h3-9H,1-2H3. The summed E-state index contributed by atoms with van der Waals surface area (Å²) >= 11 is 0. The molecule has 3 heteroatoms. The largest absolute Gasteiger partial charge is 0.305 e. The summed E-state index contributed by atoms with van der Waals surface area (Å²) in [5.74, 6) is 0. The van der Waals surface area contributed by atoms with Crippen LogP contribution >= 0.6 is 0 Å². The molecule has 5 aromatic rings. The van der Waals surface area contributed by atoms with Crippen molar-refractivity contribution in [2.24, 2.45) is 0 Å². The highest BCUT2D eigenvalue weighted by atomic mass is 14.9. The van der Waals surface area contributed by atoms with Gasteiger partial charge in [-0.3, -0.25) is 9.97 Å². The van der Waals surface area contributed by atoms with Crippen LogP contribution in [0.4, 0.5) is 0 Å². The number of para-hydroxylation sites is 1. The normalized spacial score (nSPS) is 12.3. The fourth-order valence-corrected chi connectivity index (χ4v) is 3.48. The minimum absolute atomic E-state index is 1.05. The maximum Gasteiger partial charge on any atom is 0.0725 e. The highest BCUT2D eigenvalue weighted by molar-refractivity contribution is 6.23. The summed E-state index contributed by atoms with van der Waals surface area (Å²) in [4.78, 5) is 8.97. The van der Waals surface area contributed by atoms with E-state index < -0.39 is 0 Å². The monoisotopic (exact) mass is 271 g/mol. The van der Waals surface area contributed by atoms with Crippen LogP contribution in [0.15, 0.2) is 42.7 Å². The second-order valence-corrected chi connectivity index (χ2v) is 5.72. The van der Waals surface area contributed by atoms with Crippen LogP contribution in [0.5, 0.6) is 0 Å². The molecule has 0 N–H and O–H groups in total. The topological polar surface area (TPSA) is 30.2 Å². The Morgan fingerprint density at radius 3 is 1.81 bits per heavy atom. The summed E-state index contributed by atoms with van der Waals surface area (Å²) in [6.45, 7) is 4.08. The zero-order chi connectivity index (χ0) is 14.1. The third-order valence-corrected chi connectivity index (χ3v) is 4.36. The Hall–Kier alpha value is -2.68. The number of hydrogen-bond acceptors (Lipinski definition) is 2. The molecule has 0 spiro atoms. The molecule has 0 aliphatic rings. The molecule has 0 bridgehead atoms. The number of pyridine rings is 2. The fourth-order valence-electron chi connectivity index (χ4n) is 3.48. The Morgan fingerprint density at radius 2 is 1.29 bits per heavy atom. The van der Waals surface area contributed by atoms with E-state index in [-0.39, 0.29) is 0 Å². The van der Waals surface area contributed by atoms with Crippen LogP contribution in [0.2, 0.25) is 0 Å². The molecule has 0 saturated carbocycles. The average molecular weight is 271 g/mol.